The Bertz CT molecular complexity index is 583. The van der Waals surface area contributed by atoms with Crippen LogP contribution in [-0.2, 0) is 0 Å². The number of aryl methyl sites for hydroxylation is 1. The van der Waals surface area contributed by atoms with E-state index in [4.69, 9.17) is 11.6 Å². The van der Waals surface area contributed by atoms with Gasteiger partial charge in [-0.25, -0.2) is 0 Å². The summed E-state index contributed by atoms with van der Waals surface area (Å²) >= 11 is 15.3. The molecule has 19 heavy (non-hydrogen) atoms. The molecule has 1 aromatic heterocycles. The van der Waals surface area contributed by atoms with Gasteiger partial charge in [-0.05, 0) is 68.1 Å². The van der Waals surface area contributed by atoms with Crippen molar-refractivity contribution in [2.75, 3.05) is 6.54 Å². The van der Waals surface area contributed by atoms with Crippen molar-refractivity contribution in [2.45, 2.75) is 19.9 Å². The van der Waals surface area contributed by atoms with Gasteiger partial charge >= 0.3 is 0 Å². The van der Waals surface area contributed by atoms with Gasteiger partial charge in [-0.3, -0.25) is 0 Å². The van der Waals surface area contributed by atoms with Crippen LogP contribution in [0.25, 0.3) is 0 Å². The normalized spacial score (nSPS) is 12.7. The summed E-state index contributed by atoms with van der Waals surface area (Å²) in [6, 6.07) is 8.42. The minimum absolute atomic E-state index is 0.106. The third-order valence-electron chi connectivity index (χ3n) is 2.93. The molecular weight excluding hydrogens is 409 g/mol. The lowest BCUT2D eigenvalue weighted by Gasteiger charge is -2.20. The number of rotatable bonds is 4. The highest BCUT2D eigenvalue weighted by Crippen LogP contribution is 2.39. The maximum atomic E-state index is 6.47. The molecule has 0 fully saturated rings. The zero-order chi connectivity index (χ0) is 14.0. The second-order valence-electron chi connectivity index (χ2n) is 4.25. The maximum Gasteiger partial charge on any atom is 0.0761 e. The summed E-state index contributed by atoms with van der Waals surface area (Å²) in [5, 5.41) is 4.34. The lowest BCUT2D eigenvalue weighted by Crippen LogP contribution is -2.22. The summed E-state index contributed by atoms with van der Waals surface area (Å²) in [6.45, 7) is 5.02. The SMILES string of the molecule is CCNC(c1cc(Br)sc1Br)c1cccc(C)c1Cl. The average Bonchev–Trinajstić information content (AvgIpc) is 2.69. The zero-order valence-corrected chi connectivity index (χ0v) is 15.4. The zero-order valence-electron chi connectivity index (χ0n) is 10.6. The van der Waals surface area contributed by atoms with Crippen molar-refractivity contribution in [3.63, 3.8) is 0 Å². The molecule has 1 aromatic carbocycles. The van der Waals surface area contributed by atoms with Crippen molar-refractivity contribution < 1.29 is 0 Å². The first-order chi connectivity index (χ1) is 9.04. The smallest absolute Gasteiger partial charge is 0.0761 e. The van der Waals surface area contributed by atoms with E-state index in [0.29, 0.717) is 0 Å². The predicted molar refractivity (Wildman–Crippen MR) is 91.4 cm³/mol. The van der Waals surface area contributed by atoms with Gasteiger partial charge in [0.2, 0.25) is 0 Å². The fourth-order valence-electron chi connectivity index (χ4n) is 2.03. The van der Waals surface area contributed by atoms with Gasteiger partial charge in [0.1, 0.15) is 0 Å². The van der Waals surface area contributed by atoms with E-state index in [-0.39, 0.29) is 6.04 Å². The number of nitrogens with one attached hydrogen (secondary N) is 1. The largest absolute Gasteiger partial charge is 0.306 e. The minimum Gasteiger partial charge on any atom is -0.306 e. The van der Waals surface area contributed by atoms with E-state index in [0.717, 1.165) is 30.3 Å². The number of hydrogen-bond acceptors (Lipinski definition) is 2. The summed E-state index contributed by atoms with van der Waals surface area (Å²) in [6.07, 6.45) is 0. The molecule has 102 valence electrons. The van der Waals surface area contributed by atoms with E-state index in [9.17, 15) is 0 Å². The van der Waals surface area contributed by atoms with Gasteiger partial charge in [-0.1, -0.05) is 36.7 Å². The Hall–Kier alpha value is 0.130. The molecule has 2 aromatic rings. The van der Waals surface area contributed by atoms with Crippen LogP contribution in [-0.4, -0.2) is 6.54 Å². The first-order valence-corrected chi connectivity index (χ1v) is 8.75. The maximum absolute atomic E-state index is 6.47. The molecule has 1 nitrogen and oxygen atoms in total. The van der Waals surface area contributed by atoms with Gasteiger partial charge in [-0.2, -0.15) is 0 Å². The highest BCUT2D eigenvalue weighted by molar-refractivity contribution is 9.12. The fraction of sp³-hybridized carbons (Fsp3) is 0.286. The lowest BCUT2D eigenvalue weighted by molar-refractivity contribution is 0.630. The van der Waals surface area contributed by atoms with E-state index in [2.05, 4.69) is 62.3 Å². The third kappa shape index (κ3) is 3.42. The molecule has 0 aliphatic heterocycles. The molecule has 0 aliphatic rings. The summed E-state index contributed by atoms with van der Waals surface area (Å²) in [7, 11) is 0. The van der Waals surface area contributed by atoms with Crippen molar-refractivity contribution in [3.05, 3.63) is 53.6 Å². The van der Waals surface area contributed by atoms with Gasteiger partial charge in [0.05, 0.1) is 13.6 Å². The van der Waals surface area contributed by atoms with Crippen LogP contribution in [0.15, 0.2) is 31.8 Å². The van der Waals surface area contributed by atoms with Crippen LogP contribution in [0.5, 0.6) is 0 Å². The third-order valence-corrected chi connectivity index (χ3v) is 5.84. The Morgan fingerprint density at radius 1 is 1.32 bits per heavy atom. The molecule has 0 radical (unpaired) electrons. The van der Waals surface area contributed by atoms with Crippen LogP contribution in [0.4, 0.5) is 0 Å². The van der Waals surface area contributed by atoms with Gasteiger partial charge in [0.25, 0.3) is 0 Å². The fourth-order valence-corrected chi connectivity index (χ4v) is 5.17. The van der Waals surface area contributed by atoms with Gasteiger partial charge < -0.3 is 5.32 Å². The Balaban J connectivity index is 2.51. The molecule has 1 unspecified atom stereocenters. The number of halogens is 3. The lowest BCUT2D eigenvalue weighted by atomic mass is 9.99. The average molecular weight is 424 g/mol. The second kappa shape index (κ2) is 6.72. The molecule has 0 amide bonds. The molecule has 1 heterocycles. The topological polar surface area (TPSA) is 12.0 Å². The molecule has 2 rings (SSSR count). The first-order valence-electron chi connectivity index (χ1n) is 5.97. The standard InChI is InChI=1S/C14H14Br2ClNS/c1-3-18-13(10-7-11(15)19-14(10)16)9-6-4-5-8(2)12(9)17/h4-7,13,18H,3H2,1-2H3. The van der Waals surface area contributed by atoms with E-state index in [1.165, 1.54) is 5.56 Å². The Morgan fingerprint density at radius 2 is 2.05 bits per heavy atom. The number of hydrogen-bond donors (Lipinski definition) is 1. The van der Waals surface area contributed by atoms with Crippen LogP contribution < -0.4 is 5.32 Å². The van der Waals surface area contributed by atoms with Gasteiger partial charge in [0, 0.05) is 5.02 Å². The second-order valence-corrected chi connectivity index (χ2v) is 8.38. The summed E-state index contributed by atoms with van der Waals surface area (Å²) in [5.41, 5.74) is 3.44. The summed E-state index contributed by atoms with van der Waals surface area (Å²) in [5.74, 6) is 0. The molecule has 0 bridgehead atoms. The number of thiophene rings is 1. The van der Waals surface area contributed by atoms with E-state index >= 15 is 0 Å². The molecule has 5 heteroatoms. The molecule has 0 saturated carbocycles. The predicted octanol–water partition coefficient (Wildman–Crippen LogP) is 5.93. The van der Waals surface area contributed by atoms with Gasteiger partial charge in [-0.15, -0.1) is 11.3 Å². The van der Waals surface area contributed by atoms with Crippen molar-refractivity contribution in [1.29, 1.82) is 0 Å². The molecule has 0 aliphatic carbocycles. The molecule has 1 atom stereocenters. The van der Waals surface area contributed by atoms with Crippen LogP contribution in [0.3, 0.4) is 0 Å². The summed E-state index contributed by atoms with van der Waals surface area (Å²) < 4.78 is 2.24. The van der Waals surface area contributed by atoms with Crippen LogP contribution in [0.2, 0.25) is 5.02 Å². The van der Waals surface area contributed by atoms with Crippen molar-refractivity contribution in [2.24, 2.45) is 0 Å². The van der Waals surface area contributed by atoms with Crippen LogP contribution in [0, 0.1) is 6.92 Å². The van der Waals surface area contributed by atoms with Crippen LogP contribution >= 0.6 is 54.8 Å². The van der Waals surface area contributed by atoms with Crippen LogP contribution in [0.1, 0.15) is 29.7 Å². The Kier molecular flexibility index (Phi) is 5.49. The van der Waals surface area contributed by atoms with Crippen molar-refractivity contribution in [1.82, 2.24) is 5.32 Å². The molecular formula is C14H14Br2ClNS. The minimum atomic E-state index is 0.106. The Labute approximate surface area is 139 Å². The van der Waals surface area contributed by atoms with E-state index < -0.39 is 0 Å². The van der Waals surface area contributed by atoms with Gasteiger partial charge in [0.15, 0.2) is 0 Å². The monoisotopic (exact) mass is 421 g/mol. The molecule has 0 spiro atoms. The quantitative estimate of drug-likeness (QED) is 0.642. The molecule has 0 saturated heterocycles. The highest BCUT2D eigenvalue weighted by Gasteiger charge is 2.21. The highest BCUT2D eigenvalue weighted by atomic mass is 79.9. The van der Waals surface area contributed by atoms with E-state index in [1.807, 2.05) is 13.0 Å². The summed E-state index contributed by atoms with van der Waals surface area (Å²) in [4.78, 5) is 0. The Morgan fingerprint density at radius 3 is 2.63 bits per heavy atom. The van der Waals surface area contributed by atoms with E-state index in [1.54, 1.807) is 11.3 Å². The number of benzene rings is 1. The molecule has 1 N–H and O–H groups in total. The first kappa shape index (κ1) is 15.5. The van der Waals surface area contributed by atoms with Crippen molar-refractivity contribution >= 4 is 54.8 Å². The van der Waals surface area contributed by atoms with Crippen molar-refractivity contribution in [3.8, 4) is 0 Å².